The van der Waals surface area contributed by atoms with Gasteiger partial charge in [-0.05, 0) is 39.9 Å². The zero-order valence-electron chi connectivity index (χ0n) is 27.1. The molecule has 0 fully saturated rings. The molecule has 7 aromatic carbocycles. The van der Waals surface area contributed by atoms with E-state index in [4.69, 9.17) is 9.97 Å². The monoisotopic (exact) mass is 635 g/mol. The summed E-state index contributed by atoms with van der Waals surface area (Å²) in [5.41, 5.74) is 15.5. The maximum atomic E-state index is 5.54. The summed E-state index contributed by atoms with van der Waals surface area (Å²) in [6.07, 6.45) is 0. The Hall–Kier alpha value is -6.58. The van der Waals surface area contributed by atoms with Crippen LogP contribution in [0, 0.1) is 0 Å². The third kappa shape index (κ3) is 3.53. The highest BCUT2D eigenvalue weighted by atomic mass is 15.0. The molecule has 0 bridgehead atoms. The van der Waals surface area contributed by atoms with Crippen LogP contribution in [-0.4, -0.2) is 14.5 Å². The number of aromatic nitrogens is 3. The summed E-state index contributed by atoms with van der Waals surface area (Å²) in [5, 5.41) is 2.52. The fraction of sp³-hybridized carbons (Fsp3) is 0.0213. The molecule has 0 amide bonds. The molecule has 232 valence electrons. The second-order valence-corrected chi connectivity index (χ2v) is 13.3. The molecular formula is C47H29N3. The Bertz CT molecular complexity index is 2800. The largest absolute Gasteiger partial charge is 0.309 e. The summed E-state index contributed by atoms with van der Waals surface area (Å²) in [5.74, 6) is 0.727. The molecule has 1 spiro atoms. The standard InChI is InChI=1S/C47H29N3/c1-3-14-30(15-4-1)31-26-28-33(29-27-31)46-48-43(32-16-5-2-6-17-32)42-44(49-46)36-19-7-9-21-37(36)47(42)38-22-10-12-25-41(38)50-40-24-11-8-18-34(40)35-20-13-23-39(47)45(35)50/h1-29H. The molecule has 9 aromatic rings. The first-order valence-electron chi connectivity index (χ1n) is 17.2. The Morgan fingerprint density at radius 2 is 0.980 bits per heavy atom. The Labute approximate surface area is 289 Å². The lowest BCUT2D eigenvalue weighted by molar-refractivity contribution is 0.744. The van der Waals surface area contributed by atoms with Gasteiger partial charge in [-0.2, -0.15) is 0 Å². The van der Waals surface area contributed by atoms with Crippen molar-refractivity contribution < 1.29 is 0 Å². The highest BCUT2D eigenvalue weighted by Gasteiger charge is 2.53. The quantitative estimate of drug-likeness (QED) is 0.193. The average molecular weight is 636 g/mol. The maximum Gasteiger partial charge on any atom is 0.160 e. The van der Waals surface area contributed by atoms with Crippen LogP contribution in [0.2, 0.25) is 0 Å². The van der Waals surface area contributed by atoms with Crippen LogP contribution in [0.5, 0.6) is 0 Å². The summed E-state index contributed by atoms with van der Waals surface area (Å²) < 4.78 is 2.48. The normalized spacial score (nSPS) is 15.3. The predicted molar refractivity (Wildman–Crippen MR) is 204 cm³/mol. The molecule has 1 atom stereocenters. The molecule has 3 heteroatoms. The van der Waals surface area contributed by atoms with Crippen molar-refractivity contribution in [2.24, 2.45) is 0 Å². The van der Waals surface area contributed by atoms with Crippen molar-refractivity contribution in [3.05, 3.63) is 198 Å². The van der Waals surface area contributed by atoms with Gasteiger partial charge in [0.25, 0.3) is 0 Å². The van der Waals surface area contributed by atoms with Gasteiger partial charge in [-0.15, -0.1) is 0 Å². The molecule has 2 aliphatic rings. The zero-order valence-corrected chi connectivity index (χ0v) is 27.1. The number of rotatable bonds is 3. The van der Waals surface area contributed by atoms with Gasteiger partial charge in [-0.1, -0.05) is 164 Å². The number of fused-ring (bicyclic) bond motifs is 12. The van der Waals surface area contributed by atoms with Gasteiger partial charge >= 0.3 is 0 Å². The minimum absolute atomic E-state index is 0.632. The van der Waals surface area contributed by atoms with E-state index in [0.717, 1.165) is 39.5 Å². The van der Waals surface area contributed by atoms with Gasteiger partial charge in [0.2, 0.25) is 0 Å². The molecule has 1 aliphatic carbocycles. The van der Waals surface area contributed by atoms with Gasteiger partial charge in [0, 0.05) is 33.0 Å². The molecule has 11 rings (SSSR count). The Morgan fingerprint density at radius 1 is 0.400 bits per heavy atom. The Kier molecular flexibility index (Phi) is 5.59. The molecule has 1 aliphatic heterocycles. The zero-order chi connectivity index (χ0) is 32.8. The summed E-state index contributed by atoms with van der Waals surface area (Å²) >= 11 is 0. The minimum atomic E-state index is -0.632. The van der Waals surface area contributed by atoms with Gasteiger partial charge in [-0.25, -0.2) is 9.97 Å². The molecule has 3 heterocycles. The minimum Gasteiger partial charge on any atom is -0.309 e. The number of hydrogen-bond acceptors (Lipinski definition) is 2. The van der Waals surface area contributed by atoms with Crippen molar-refractivity contribution in [1.29, 1.82) is 0 Å². The molecule has 0 radical (unpaired) electrons. The lowest BCUT2D eigenvalue weighted by Crippen LogP contribution is -2.34. The maximum absolute atomic E-state index is 5.54. The van der Waals surface area contributed by atoms with Crippen molar-refractivity contribution in [1.82, 2.24) is 14.5 Å². The molecule has 0 saturated carbocycles. The molecule has 2 aromatic heterocycles. The Balaban J connectivity index is 1.27. The summed E-state index contributed by atoms with van der Waals surface area (Å²) in [6, 6.07) is 63.3. The van der Waals surface area contributed by atoms with Crippen LogP contribution in [0.25, 0.3) is 72.5 Å². The number of hydrogen-bond donors (Lipinski definition) is 0. The summed E-state index contributed by atoms with van der Waals surface area (Å²) in [4.78, 5) is 11.1. The number of benzene rings is 7. The molecule has 3 nitrogen and oxygen atoms in total. The topological polar surface area (TPSA) is 30.7 Å². The first kappa shape index (κ1) is 27.4. The second-order valence-electron chi connectivity index (χ2n) is 13.3. The van der Waals surface area contributed by atoms with Crippen molar-refractivity contribution in [2.45, 2.75) is 5.41 Å². The van der Waals surface area contributed by atoms with Crippen molar-refractivity contribution in [2.75, 3.05) is 0 Å². The Morgan fingerprint density at radius 3 is 1.80 bits per heavy atom. The molecule has 1 unspecified atom stereocenters. The van der Waals surface area contributed by atoms with Gasteiger partial charge in [-0.3, -0.25) is 0 Å². The van der Waals surface area contributed by atoms with Gasteiger partial charge in [0.15, 0.2) is 5.82 Å². The lowest BCUT2D eigenvalue weighted by Gasteiger charge is -2.40. The van der Waals surface area contributed by atoms with Gasteiger partial charge in [0.05, 0.1) is 33.5 Å². The van der Waals surface area contributed by atoms with Crippen LogP contribution in [0.3, 0.4) is 0 Å². The van der Waals surface area contributed by atoms with E-state index in [-0.39, 0.29) is 0 Å². The van der Waals surface area contributed by atoms with Crippen LogP contribution < -0.4 is 0 Å². The van der Waals surface area contributed by atoms with Crippen molar-refractivity contribution in [3.8, 4) is 50.7 Å². The highest BCUT2D eigenvalue weighted by molar-refractivity contribution is 6.13. The number of nitrogens with zero attached hydrogens (tertiary/aromatic N) is 3. The third-order valence-electron chi connectivity index (χ3n) is 10.8. The summed E-state index contributed by atoms with van der Waals surface area (Å²) in [7, 11) is 0. The van der Waals surface area contributed by atoms with E-state index in [0.29, 0.717) is 0 Å². The first-order valence-corrected chi connectivity index (χ1v) is 17.2. The highest BCUT2D eigenvalue weighted by Crippen LogP contribution is 2.62. The second kappa shape index (κ2) is 10.2. The van der Waals surface area contributed by atoms with Crippen molar-refractivity contribution >= 4 is 21.8 Å². The molecular weight excluding hydrogens is 607 g/mol. The van der Waals surface area contributed by atoms with Crippen LogP contribution in [0.4, 0.5) is 0 Å². The van der Waals surface area contributed by atoms with Gasteiger partial charge < -0.3 is 4.57 Å². The van der Waals surface area contributed by atoms with E-state index >= 15 is 0 Å². The smallest absolute Gasteiger partial charge is 0.160 e. The fourth-order valence-corrected chi connectivity index (χ4v) is 8.80. The molecule has 0 N–H and O–H groups in total. The van der Waals surface area contributed by atoms with E-state index in [2.05, 4.69) is 180 Å². The number of para-hydroxylation sites is 3. The first-order chi connectivity index (χ1) is 24.8. The molecule has 0 saturated heterocycles. The van der Waals surface area contributed by atoms with E-state index in [1.807, 2.05) is 0 Å². The van der Waals surface area contributed by atoms with Crippen LogP contribution in [0.1, 0.15) is 22.3 Å². The van der Waals surface area contributed by atoms with Crippen LogP contribution in [-0.2, 0) is 5.41 Å². The predicted octanol–water partition coefficient (Wildman–Crippen LogP) is 11.3. The van der Waals surface area contributed by atoms with E-state index in [1.54, 1.807) is 0 Å². The van der Waals surface area contributed by atoms with Crippen LogP contribution >= 0.6 is 0 Å². The lowest BCUT2D eigenvalue weighted by atomic mass is 9.64. The SMILES string of the molecule is c1ccc(-c2ccc(-c3nc(-c4ccccc4)c4c(n3)-c3ccccc3C43c4ccccc4-n4c5ccccc5c5cccc3c54)cc2)cc1. The van der Waals surface area contributed by atoms with Gasteiger partial charge in [0.1, 0.15) is 0 Å². The average Bonchev–Trinajstić information content (AvgIpc) is 3.69. The van der Waals surface area contributed by atoms with E-state index < -0.39 is 5.41 Å². The van der Waals surface area contributed by atoms with Crippen molar-refractivity contribution in [3.63, 3.8) is 0 Å². The van der Waals surface area contributed by atoms with Crippen LogP contribution in [0.15, 0.2) is 176 Å². The van der Waals surface area contributed by atoms with E-state index in [9.17, 15) is 0 Å². The molecule has 50 heavy (non-hydrogen) atoms. The fourth-order valence-electron chi connectivity index (χ4n) is 8.80. The third-order valence-corrected chi connectivity index (χ3v) is 10.8. The van der Waals surface area contributed by atoms with E-state index in [1.165, 1.54) is 55.3 Å². The summed E-state index contributed by atoms with van der Waals surface area (Å²) in [6.45, 7) is 0.